The Bertz CT molecular complexity index is 1050. The second-order valence-electron chi connectivity index (χ2n) is 7.69. The summed E-state index contributed by atoms with van der Waals surface area (Å²) in [5.41, 5.74) is 1.48. The van der Waals surface area contributed by atoms with Gasteiger partial charge in [0.25, 0.3) is 0 Å². The first-order valence-corrected chi connectivity index (χ1v) is 11.9. The molecule has 1 aliphatic rings. The number of amides is 1. The molecule has 3 rings (SSSR count). The normalized spacial score (nSPS) is 16.9. The third kappa shape index (κ3) is 4.99. The molecule has 32 heavy (non-hydrogen) atoms. The van der Waals surface area contributed by atoms with Crippen LogP contribution >= 0.6 is 0 Å². The van der Waals surface area contributed by atoms with Crippen molar-refractivity contribution >= 4 is 15.9 Å². The van der Waals surface area contributed by atoms with Crippen LogP contribution in [0.1, 0.15) is 24.0 Å². The van der Waals surface area contributed by atoms with E-state index in [0.29, 0.717) is 36.6 Å². The highest BCUT2D eigenvalue weighted by Gasteiger charge is 2.33. The van der Waals surface area contributed by atoms with Crippen molar-refractivity contribution in [3.63, 3.8) is 0 Å². The number of nitrogens with zero attached hydrogens (tertiary/aromatic N) is 1. The van der Waals surface area contributed by atoms with E-state index in [1.807, 2.05) is 6.07 Å². The van der Waals surface area contributed by atoms with Gasteiger partial charge in [-0.25, -0.2) is 8.42 Å². The van der Waals surface area contributed by atoms with Gasteiger partial charge >= 0.3 is 0 Å². The molecule has 0 aromatic heterocycles. The molecule has 1 amide bonds. The summed E-state index contributed by atoms with van der Waals surface area (Å²) in [6.07, 6.45) is 1.24. The zero-order valence-electron chi connectivity index (χ0n) is 18.9. The summed E-state index contributed by atoms with van der Waals surface area (Å²) >= 11 is 0. The van der Waals surface area contributed by atoms with Crippen LogP contribution in [0.4, 0.5) is 0 Å². The number of hydrogen-bond acceptors (Lipinski definition) is 6. The van der Waals surface area contributed by atoms with E-state index in [1.54, 1.807) is 58.6 Å². The van der Waals surface area contributed by atoms with E-state index in [4.69, 9.17) is 14.2 Å². The highest BCUT2D eigenvalue weighted by atomic mass is 32.2. The van der Waals surface area contributed by atoms with Gasteiger partial charge in [0.1, 0.15) is 17.2 Å². The average Bonchev–Trinajstić information content (AvgIpc) is 2.82. The number of benzene rings is 2. The number of rotatable bonds is 8. The van der Waals surface area contributed by atoms with Crippen LogP contribution in [0.2, 0.25) is 0 Å². The minimum Gasteiger partial charge on any atom is -0.496 e. The van der Waals surface area contributed by atoms with Gasteiger partial charge in [0.2, 0.25) is 15.9 Å². The summed E-state index contributed by atoms with van der Waals surface area (Å²) in [6, 6.07) is 10.2. The summed E-state index contributed by atoms with van der Waals surface area (Å²) in [5, 5.41) is 2.92. The molecule has 9 heteroatoms. The zero-order chi connectivity index (χ0) is 23.3. The molecule has 0 radical (unpaired) electrons. The third-order valence-electron chi connectivity index (χ3n) is 5.73. The van der Waals surface area contributed by atoms with E-state index >= 15 is 0 Å². The van der Waals surface area contributed by atoms with E-state index < -0.39 is 15.9 Å². The maximum absolute atomic E-state index is 13.2. The minimum absolute atomic E-state index is 0.141. The first kappa shape index (κ1) is 23.9. The van der Waals surface area contributed by atoms with E-state index in [2.05, 4.69) is 5.32 Å². The average molecular weight is 463 g/mol. The lowest BCUT2D eigenvalue weighted by Gasteiger charge is -2.31. The Morgan fingerprint density at radius 3 is 2.31 bits per heavy atom. The van der Waals surface area contributed by atoms with Crippen molar-refractivity contribution in [2.75, 3.05) is 34.4 Å². The van der Waals surface area contributed by atoms with Gasteiger partial charge in [-0.15, -0.1) is 0 Å². The molecule has 0 saturated carbocycles. The van der Waals surface area contributed by atoms with Crippen molar-refractivity contribution in [1.82, 2.24) is 9.62 Å². The quantitative estimate of drug-likeness (QED) is 0.648. The van der Waals surface area contributed by atoms with Crippen LogP contribution in [-0.2, 0) is 21.4 Å². The van der Waals surface area contributed by atoms with Crippen LogP contribution in [0.25, 0.3) is 0 Å². The molecule has 2 aromatic carbocycles. The van der Waals surface area contributed by atoms with Crippen molar-refractivity contribution in [3.8, 4) is 17.2 Å². The highest BCUT2D eigenvalue weighted by molar-refractivity contribution is 7.89. The number of nitrogens with one attached hydrogen (secondary N) is 1. The fraction of sp³-hybridized carbons (Fsp3) is 0.435. The SMILES string of the molecule is COc1ccc(S(=O)(=O)N2CCCC(C(=O)NCc3c(OC)cccc3OC)C2)cc1C. The molecule has 8 nitrogen and oxygen atoms in total. The monoisotopic (exact) mass is 462 g/mol. The second kappa shape index (κ2) is 10.2. The van der Waals surface area contributed by atoms with E-state index in [0.717, 1.165) is 11.1 Å². The van der Waals surface area contributed by atoms with E-state index in [9.17, 15) is 13.2 Å². The molecule has 1 unspecified atom stereocenters. The fourth-order valence-electron chi connectivity index (χ4n) is 3.96. The van der Waals surface area contributed by atoms with Gasteiger partial charge in [-0.05, 0) is 55.7 Å². The van der Waals surface area contributed by atoms with Crippen LogP contribution in [-0.4, -0.2) is 53.0 Å². The largest absolute Gasteiger partial charge is 0.496 e. The molecule has 1 aliphatic heterocycles. The molecular weight excluding hydrogens is 432 g/mol. The van der Waals surface area contributed by atoms with Gasteiger partial charge in [-0.2, -0.15) is 4.31 Å². The molecule has 1 fully saturated rings. The summed E-state index contributed by atoms with van der Waals surface area (Å²) in [4.78, 5) is 13.1. The van der Waals surface area contributed by atoms with Crippen LogP contribution in [0, 0.1) is 12.8 Å². The summed E-state index contributed by atoms with van der Waals surface area (Å²) in [7, 11) is 0.961. The van der Waals surface area contributed by atoms with Gasteiger partial charge in [-0.3, -0.25) is 4.79 Å². The third-order valence-corrected chi connectivity index (χ3v) is 7.59. The molecule has 2 aromatic rings. The molecule has 0 bridgehead atoms. The molecule has 0 aliphatic carbocycles. The first-order valence-electron chi connectivity index (χ1n) is 10.4. The predicted molar refractivity (Wildman–Crippen MR) is 121 cm³/mol. The van der Waals surface area contributed by atoms with E-state index in [-0.39, 0.29) is 23.9 Å². The fourth-order valence-corrected chi connectivity index (χ4v) is 5.57. The standard InChI is InChI=1S/C23H30N2O6S/c1-16-13-18(10-11-20(16)29-2)32(27,28)25-12-6-7-17(15-25)23(26)24-14-19-21(30-3)8-5-9-22(19)31-4/h5,8-11,13,17H,6-7,12,14-15H2,1-4H3,(H,24,26). The van der Waals surface area contributed by atoms with Crippen LogP contribution < -0.4 is 19.5 Å². The molecule has 1 saturated heterocycles. The summed E-state index contributed by atoms with van der Waals surface area (Å²) in [5.74, 6) is 1.24. The number of carbonyl (C=O) groups excluding carboxylic acids is 1. The van der Waals surface area contributed by atoms with Crippen molar-refractivity contribution in [2.45, 2.75) is 31.2 Å². The lowest BCUT2D eigenvalue weighted by atomic mass is 9.98. The lowest BCUT2D eigenvalue weighted by Crippen LogP contribution is -2.45. The molecule has 0 spiro atoms. The molecule has 1 N–H and O–H groups in total. The van der Waals surface area contributed by atoms with Gasteiger partial charge in [0.05, 0.1) is 44.3 Å². The number of methoxy groups -OCH3 is 3. The molecule has 1 atom stereocenters. The van der Waals surface area contributed by atoms with Crippen LogP contribution in [0.15, 0.2) is 41.3 Å². The van der Waals surface area contributed by atoms with Gasteiger partial charge in [-0.1, -0.05) is 6.07 Å². The topological polar surface area (TPSA) is 94.2 Å². The number of hydrogen-bond donors (Lipinski definition) is 1. The number of carbonyl (C=O) groups is 1. The Hall–Kier alpha value is -2.78. The number of ether oxygens (including phenoxy) is 3. The Labute approximate surface area is 189 Å². The lowest BCUT2D eigenvalue weighted by molar-refractivity contribution is -0.126. The first-order chi connectivity index (χ1) is 15.3. The maximum Gasteiger partial charge on any atom is 0.243 e. The van der Waals surface area contributed by atoms with Gasteiger partial charge < -0.3 is 19.5 Å². The minimum atomic E-state index is -3.71. The van der Waals surface area contributed by atoms with Crippen molar-refractivity contribution < 1.29 is 27.4 Å². The second-order valence-corrected chi connectivity index (χ2v) is 9.63. The van der Waals surface area contributed by atoms with E-state index in [1.165, 1.54) is 4.31 Å². The smallest absolute Gasteiger partial charge is 0.243 e. The Kier molecular flexibility index (Phi) is 7.63. The van der Waals surface area contributed by atoms with Gasteiger partial charge in [0, 0.05) is 13.1 Å². The Morgan fingerprint density at radius 1 is 1.06 bits per heavy atom. The molecule has 1 heterocycles. The van der Waals surface area contributed by atoms with Crippen LogP contribution in [0.3, 0.4) is 0 Å². The van der Waals surface area contributed by atoms with Crippen molar-refractivity contribution in [2.24, 2.45) is 5.92 Å². The summed E-state index contributed by atoms with van der Waals surface area (Å²) < 4.78 is 43.7. The molecular formula is C23H30N2O6S. The predicted octanol–water partition coefficient (Wildman–Crippen LogP) is 2.74. The highest BCUT2D eigenvalue weighted by Crippen LogP contribution is 2.29. The number of piperidine rings is 1. The van der Waals surface area contributed by atoms with Crippen molar-refractivity contribution in [3.05, 3.63) is 47.5 Å². The molecule has 174 valence electrons. The number of sulfonamides is 1. The van der Waals surface area contributed by atoms with Gasteiger partial charge in [0.15, 0.2) is 0 Å². The maximum atomic E-state index is 13.2. The Balaban J connectivity index is 1.71. The van der Waals surface area contributed by atoms with Crippen molar-refractivity contribution in [1.29, 1.82) is 0 Å². The summed E-state index contributed by atoms with van der Waals surface area (Å²) in [6.45, 7) is 2.56. The Morgan fingerprint density at radius 2 is 1.72 bits per heavy atom. The van der Waals surface area contributed by atoms with Crippen LogP contribution in [0.5, 0.6) is 17.2 Å². The zero-order valence-corrected chi connectivity index (χ0v) is 19.7. The number of aryl methyl sites for hydroxylation is 1.